The second-order valence-corrected chi connectivity index (χ2v) is 5.29. The Labute approximate surface area is 104 Å². The zero-order chi connectivity index (χ0) is 13.2. The zero-order valence-corrected chi connectivity index (χ0v) is 9.99. The van der Waals surface area contributed by atoms with Crippen LogP contribution in [-0.2, 0) is 10.0 Å². The Balaban J connectivity index is 2.30. The highest BCUT2D eigenvalue weighted by Crippen LogP contribution is 2.19. The molecule has 0 unspecified atom stereocenters. The highest BCUT2D eigenvalue weighted by atomic mass is 32.2. The van der Waals surface area contributed by atoms with E-state index < -0.39 is 15.8 Å². The number of phenols is 1. The zero-order valence-electron chi connectivity index (χ0n) is 9.17. The van der Waals surface area contributed by atoms with Gasteiger partial charge in [0.1, 0.15) is 11.6 Å². The fourth-order valence-corrected chi connectivity index (χ4v) is 2.48. The van der Waals surface area contributed by atoms with Gasteiger partial charge in [0.05, 0.1) is 4.90 Å². The van der Waals surface area contributed by atoms with Crippen LogP contribution in [0, 0.1) is 5.82 Å². The second kappa shape index (κ2) is 4.66. The molecule has 0 spiro atoms. The van der Waals surface area contributed by atoms with E-state index in [0.717, 1.165) is 18.2 Å². The third-order valence-corrected chi connectivity index (χ3v) is 3.60. The molecule has 2 N–H and O–H groups in total. The van der Waals surface area contributed by atoms with Gasteiger partial charge in [0.15, 0.2) is 0 Å². The molecule has 0 heterocycles. The lowest BCUT2D eigenvalue weighted by Crippen LogP contribution is -2.12. The molecule has 0 aliphatic rings. The van der Waals surface area contributed by atoms with Gasteiger partial charge in [-0.05, 0) is 36.4 Å². The van der Waals surface area contributed by atoms with Crippen molar-refractivity contribution >= 4 is 15.7 Å². The van der Waals surface area contributed by atoms with Crippen molar-refractivity contribution in [3.8, 4) is 5.75 Å². The summed E-state index contributed by atoms with van der Waals surface area (Å²) in [6, 6.07) is 10.2. The molecule has 0 fully saturated rings. The lowest BCUT2D eigenvalue weighted by atomic mass is 10.3. The van der Waals surface area contributed by atoms with E-state index in [4.69, 9.17) is 0 Å². The van der Waals surface area contributed by atoms with Crippen molar-refractivity contribution in [3.05, 3.63) is 54.3 Å². The van der Waals surface area contributed by atoms with Crippen LogP contribution < -0.4 is 4.72 Å². The van der Waals surface area contributed by atoms with Crippen LogP contribution >= 0.6 is 0 Å². The summed E-state index contributed by atoms with van der Waals surface area (Å²) in [5.41, 5.74) is 0.250. The highest BCUT2D eigenvalue weighted by Gasteiger charge is 2.14. The molecular weight excluding hydrogens is 257 g/mol. The molecule has 0 radical (unpaired) electrons. The number of anilines is 1. The third kappa shape index (κ3) is 2.78. The first-order chi connectivity index (χ1) is 8.47. The minimum absolute atomic E-state index is 0.0631. The Morgan fingerprint density at radius 2 is 1.72 bits per heavy atom. The van der Waals surface area contributed by atoms with Crippen molar-refractivity contribution in [1.29, 1.82) is 0 Å². The van der Waals surface area contributed by atoms with Crippen molar-refractivity contribution in [1.82, 2.24) is 0 Å². The molecule has 0 atom stereocenters. The van der Waals surface area contributed by atoms with E-state index in [1.165, 1.54) is 30.3 Å². The number of benzene rings is 2. The van der Waals surface area contributed by atoms with Gasteiger partial charge in [-0.15, -0.1) is 0 Å². The van der Waals surface area contributed by atoms with Gasteiger partial charge in [-0.2, -0.15) is 0 Å². The molecule has 0 bridgehead atoms. The number of hydrogen-bond donors (Lipinski definition) is 2. The Morgan fingerprint density at radius 3 is 2.33 bits per heavy atom. The van der Waals surface area contributed by atoms with Crippen molar-refractivity contribution in [2.24, 2.45) is 0 Å². The van der Waals surface area contributed by atoms with Crippen molar-refractivity contribution in [3.63, 3.8) is 0 Å². The second-order valence-electron chi connectivity index (χ2n) is 3.61. The first-order valence-electron chi connectivity index (χ1n) is 5.05. The first-order valence-corrected chi connectivity index (χ1v) is 6.53. The van der Waals surface area contributed by atoms with E-state index in [9.17, 15) is 17.9 Å². The van der Waals surface area contributed by atoms with Gasteiger partial charge in [-0.25, -0.2) is 12.8 Å². The molecule has 0 aromatic heterocycles. The predicted octanol–water partition coefficient (Wildman–Crippen LogP) is 2.33. The molecule has 0 saturated heterocycles. The SMILES string of the molecule is O=S(=O)(Nc1ccc(F)cc1)c1cccc(O)c1. The molecule has 0 aliphatic carbocycles. The van der Waals surface area contributed by atoms with Crippen molar-refractivity contribution in [2.75, 3.05) is 4.72 Å². The Bertz CT molecular complexity index is 653. The highest BCUT2D eigenvalue weighted by molar-refractivity contribution is 7.92. The van der Waals surface area contributed by atoms with Crippen LogP contribution in [0.25, 0.3) is 0 Å². The molecule has 0 amide bonds. The summed E-state index contributed by atoms with van der Waals surface area (Å²) in [6.07, 6.45) is 0. The van der Waals surface area contributed by atoms with Gasteiger partial charge in [-0.3, -0.25) is 4.72 Å². The summed E-state index contributed by atoms with van der Waals surface area (Å²) < 4.78 is 38.8. The van der Waals surface area contributed by atoms with Crippen LogP contribution in [0.1, 0.15) is 0 Å². The minimum atomic E-state index is -3.78. The minimum Gasteiger partial charge on any atom is -0.508 e. The lowest BCUT2D eigenvalue weighted by Gasteiger charge is -2.08. The monoisotopic (exact) mass is 267 g/mol. The molecule has 2 rings (SSSR count). The summed E-state index contributed by atoms with van der Waals surface area (Å²) in [4.78, 5) is -0.0631. The van der Waals surface area contributed by atoms with Crippen molar-refractivity contribution in [2.45, 2.75) is 4.90 Å². The van der Waals surface area contributed by atoms with Crippen LogP contribution in [0.4, 0.5) is 10.1 Å². The van der Waals surface area contributed by atoms with E-state index >= 15 is 0 Å². The van der Waals surface area contributed by atoms with Crippen LogP contribution in [0.2, 0.25) is 0 Å². The molecule has 18 heavy (non-hydrogen) atoms. The van der Waals surface area contributed by atoms with Crippen LogP contribution in [0.5, 0.6) is 5.75 Å². The van der Waals surface area contributed by atoms with E-state index in [1.54, 1.807) is 0 Å². The maximum atomic E-state index is 12.7. The summed E-state index contributed by atoms with van der Waals surface area (Å²) in [7, 11) is -3.78. The molecule has 2 aromatic rings. The van der Waals surface area contributed by atoms with E-state index in [1.807, 2.05) is 0 Å². The summed E-state index contributed by atoms with van der Waals surface area (Å²) in [5.74, 6) is -0.590. The third-order valence-electron chi connectivity index (χ3n) is 2.22. The topological polar surface area (TPSA) is 66.4 Å². The van der Waals surface area contributed by atoms with Gasteiger partial charge in [0.25, 0.3) is 10.0 Å². The maximum Gasteiger partial charge on any atom is 0.262 e. The number of sulfonamides is 1. The number of phenolic OH excluding ortho intramolecular Hbond substituents is 1. The number of aromatic hydroxyl groups is 1. The molecule has 4 nitrogen and oxygen atoms in total. The smallest absolute Gasteiger partial charge is 0.262 e. The first kappa shape index (κ1) is 12.4. The standard InChI is InChI=1S/C12H10FNO3S/c13-9-4-6-10(7-5-9)14-18(16,17)12-3-1-2-11(15)8-12/h1-8,14-15H. The quantitative estimate of drug-likeness (QED) is 0.897. The number of rotatable bonds is 3. The molecule has 2 aromatic carbocycles. The number of nitrogens with one attached hydrogen (secondary N) is 1. The maximum absolute atomic E-state index is 12.7. The summed E-state index contributed by atoms with van der Waals surface area (Å²) in [6.45, 7) is 0. The summed E-state index contributed by atoms with van der Waals surface area (Å²) >= 11 is 0. The lowest BCUT2D eigenvalue weighted by molar-refractivity contribution is 0.473. The fraction of sp³-hybridized carbons (Fsp3) is 0. The molecule has 0 aliphatic heterocycles. The molecule has 94 valence electrons. The van der Waals surface area contributed by atoms with Gasteiger partial charge in [-0.1, -0.05) is 6.07 Å². The Morgan fingerprint density at radius 1 is 1.06 bits per heavy atom. The fourth-order valence-electron chi connectivity index (χ4n) is 1.38. The Kier molecular flexibility index (Phi) is 3.20. The van der Waals surface area contributed by atoms with Gasteiger partial charge in [0.2, 0.25) is 0 Å². The van der Waals surface area contributed by atoms with E-state index in [-0.39, 0.29) is 16.3 Å². The normalized spacial score (nSPS) is 11.2. The molecule has 6 heteroatoms. The predicted molar refractivity (Wildman–Crippen MR) is 65.3 cm³/mol. The van der Waals surface area contributed by atoms with Gasteiger partial charge in [0, 0.05) is 11.8 Å². The molecule has 0 saturated carbocycles. The largest absolute Gasteiger partial charge is 0.508 e. The van der Waals surface area contributed by atoms with Gasteiger partial charge < -0.3 is 5.11 Å². The number of halogens is 1. The van der Waals surface area contributed by atoms with Crippen LogP contribution in [0.3, 0.4) is 0 Å². The van der Waals surface area contributed by atoms with Crippen molar-refractivity contribution < 1.29 is 17.9 Å². The van der Waals surface area contributed by atoms with E-state index in [0.29, 0.717) is 0 Å². The molecular formula is C12H10FNO3S. The average Bonchev–Trinajstić information content (AvgIpc) is 2.32. The van der Waals surface area contributed by atoms with Gasteiger partial charge >= 0.3 is 0 Å². The van der Waals surface area contributed by atoms with E-state index in [2.05, 4.69) is 4.72 Å². The summed E-state index contributed by atoms with van der Waals surface area (Å²) in [5, 5.41) is 9.24. The van der Waals surface area contributed by atoms with Crippen LogP contribution in [-0.4, -0.2) is 13.5 Å². The average molecular weight is 267 g/mol. The van der Waals surface area contributed by atoms with Crippen LogP contribution in [0.15, 0.2) is 53.4 Å². The number of hydrogen-bond acceptors (Lipinski definition) is 3. The Hall–Kier alpha value is -2.08.